The summed E-state index contributed by atoms with van der Waals surface area (Å²) in [5.41, 5.74) is 2.91. The van der Waals surface area contributed by atoms with E-state index in [1.54, 1.807) is 24.1 Å². The fraction of sp³-hybridized carbons (Fsp3) is 0.267. The zero-order valence-electron chi connectivity index (χ0n) is 21.2. The first kappa shape index (κ1) is 24.3. The summed E-state index contributed by atoms with van der Waals surface area (Å²) in [4.78, 5) is 29.7. The molecule has 1 aliphatic rings. The Bertz CT molecular complexity index is 1270. The minimum absolute atomic E-state index is 0.206. The van der Waals surface area contributed by atoms with Crippen molar-refractivity contribution in [2.45, 2.75) is 45.7 Å². The zero-order chi connectivity index (χ0) is 25.4. The van der Waals surface area contributed by atoms with Gasteiger partial charge in [0.25, 0.3) is 11.8 Å². The van der Waals surface area contributed by atoms with Gasteiger partial charge in [-0.2, -0.15) is 0 Å². The van der Waals surface area contributed by atoms with Gasteiger partial charge in [0.05, 0.1) is 12.7 Å². The molecule has 1 N–H and O–H groups in total. The lowest BCUT2D eigenvalue weighted by Gasteiger charge is -2.53. The number of nitrogens with one attached hydrogen (secondary N) is 1. The van der Waals surface area contributed by atoms with E-state index in [-0.39, 0.29) is 11.8 Å². The molecule has 1 saturated heterocycles. The van der Waals surface area contributed by atoms with Gasteiger partial charge in [-0.3, -0.25) is 14.5 Å². The van der Waals surface area contributed by atoms with Crippen LogP contribution in [0.2, 0.25) is 0 Å². The van der Waals surface area contributed by atoms with Gasteiger partial charge in [-0.25, -0.2) is 0 Å². The molecule has 0 bridgehead atoms. The maximum absolute atomic E-state index is 14.3. The molecule has 1 atom stereocenters. The summed E-state index contributed by atoms with van der Waals surface area (Å²) in [7, 11) is 1.60. The van der Waals surface area contributed by atoms with Gasteiger partial charge in [-0.15, -0.1) is 0 Å². The predicted octanol–water partition coefficient (Wildman–Crippen LogP) is 5.55. The van der Waals surface area contributed by atoms with Gasteiger partial charge >= 0.3 is 0 Å². The fourth-order valence-corrected chi connectivity index (χ4v) is 4.67. The van der Waals surface area contributed by atoms with Crippen molar-refractivity contribution in [2.75, 3.05) is 12.0 Å². The first-order chi connectivity index (χ1) is 16.6. The Morgan fingerprint density at radius 3 is 2.09 bits per heavy atom. The lowest BCUT2D eigenvalue weighted by Crippen LogP contribution is -2.71. The number of rotatable bonds is 5. The van der Waals surface area contributed by atoms with Crippen molar-refractivity contribution in [1.82, 2.24) is 5.32 Å². The number of benzene rings is 3. The van der Waals surface area contributed by atoms with Gasteiger partial charge in [0.15, 0.2) is 5.54 Å². The monoisotopic (exact) mass is 468 g/mol. The van der Waals surface area contributed by atoms with Crippen molar-refractivity contribution in [3.05, 3.63) is 101 Å². The molecular formula is C30H32N2O3. The molecule has 2 amide bonds. The Hall–Kier alpha value is -3.86. The molecule has 1 unspecified atom stereocenters. The molecule has 35 heavy (non-hydrogen) atoms. The minimum Gasteiger partial charge on any atom is -0.497 e. The number of carbonyl (C=O) groups is 2. The van der Waals surface area contributed by atoms with Crippen LogP contribution in [0.1, 0.15) is 43.0 Å². The Kier molecular flexibility index (Phi) is 6.28. The van der Waals surface area contributed by atoms with Gasteiger partial charge in [-0.05, 0) is 76.1 Å². The quantitative estimate of drug-likeness (QED) is 0.394. The molecule has 0 aromatic heterocycles. The summed E-state index contributed by atoms with van der Waals surface area (Å²) in [6.07, 6.45) is 1.84. The summed E-state index contributed by atoms with van der Waals surface area (Å²) in [5, 5.41) is 3.16. The average molecular weight is 469 g/mol. The van der Waals surface area contributed by atoms with Crippen LogP contribution in [0.5, 0.6) is 5.75 Å². The smallest absolute Gasteiger partial charge is 0.259 e. The summed E-state index contributed by atoms with van der Waals surface area (Å²) >= 11 is 0. The number of aryl methyl sites for hydroxylation is 2. The second kappa shape index (κ2) is 9.06. The second-order valence-electron chi connectivity index (χ2n) is 10.1. The van der Waals surface area contributed by atoms with Crippen molar-refractivity contribution in [3.8, 4) is 5.75 Å². The van der Waals surface area contributed by atoms with Crippen LogP contribution in [0.3, 0.4) is 0 Å². The molecule has 0 saturated carbocycles. The molecule has 5 nitrogen and oxygen atoms in total. The molecule has 5 heteroatoms. The molecule has 1 heterocycles. The summed E-state index contributed by atoms with van der Waals surface area (Å²) in [5.74, 6) is 0.229. The van der Waals surface area contributed by atoms with Crippen molar-refractivity contribution in [1.29, 1.82) is 0 Å². The van der Waals surface area contributed by atoms with Crippen LogP contribution in [0.25, 0.3) is 6.08 Å². The minimum atomic E-state index is -1.33. The number of anilines is 1. The molecule has 0 radical (unpaired) electrons. The highest BCUT2D eigenvalue weighted by molar-refractivity contribution is 6.28. The fourth-order valence-electron chi connectivity index (χ4n) is 4.67. The van der Waals surface area contributed by atoms with Crippen LogP contribution in [0, 0.1) is 13.8 Å². The van der Waals surface area contributed by atoms with Crippen LogP contribution in [0.15, 0.2) is 78.4 Å². The van der Waals surface area contributed by atoms with E-state index in [0.29, 0.717) is 17.0 Å². The lowest BCUT2D eigenvalue weighted by atomic mass is 9.70. The zero-order valence-corrected chi connectivity index (χ0v) is 21.2. The van der Waals surface area contributed by atoms with Crippen molar-refractivity contribution < 1.29 is 14.3 Å². The molecule has 0 spiro atoms. The van der Waals surface area contributed by atoms with Crippen LogP contribution >= 0.6 is 0 Å². The molecule has 4 rings (SSSR count). The van der Waals surface area contributed by atoms with Gasteiger partial charge in [-0.1, -0.05) is 59.7 Å². The highest BCUT2D eigenvalue weighted by atomic mass is 16.5. The first-order valence-electron chi connectivity index (χ1n) is 11.7. The Morgan fingerprint density at radius 1 is 0.943 bits per heavy atom. The maximum Gasteiger partial charge on any atom is 0.259 e. The predicted molar refractivity (Wildman–Crippen MR) is 140 cm³/mol. The van der Waals surface area contributed by atoms with Gasteiger partial charge in [0, 0.05) is 11.2 Å². The van der Waals surface area contributed by atoms with E-state index in [1.807, 2.05) is 95.3 Å². The SMILES string of the molecule is COc1ccc(N2C(=O)/C(=C\c3ccccc3)C2(C(=O)NC(C)(C)C)c2cc(C)cc(C)c2)cc1. The third kappa shape index (κ3) is 4.46. The van der Waals surface area contributed by atoms with E-state index >= 15 is 0 Å². The van der Waals surface area contributed by atoms with Crippen LogP contribution in [-0.4, -0.2) is 24.5 Å². The van der Waals surface area contributed by atoms with Crippen molar-refractivity contribution >= 4 is 23.6 Å². The number of hydrogen-bond acceptors (Lipinski definition) is 3. The number of ether oxygens (including phenoxy) is 1. The molecular weight excluding hydrogens is 436 g/mol. The van der Waals surface area contributed by atoms with E-state index in [0.717, 1.165) is 22.3 Å². The molecule has 1 fully saturated rings. The largest absolute Gasteiger partial charge is 0.497 e. The number of amides is 2. The van der Waals surface area contributed by atoms with E-state index in [2.05, 4.69) is 11.4 Å². The Labute approximate surface area is 207 Å². The summed E-state index contributed by atoms with van der Waals surface area (Å²) < 4.78 is 5.31. The van der Waals surface area contributed by atoms with E-state index < -0.39 is 11.1 Å². The molecule has 1 aliphatic heterocycles. The van der Waals surface area contributed by atoms with Crippen molar-refractivity contribution in [2.24, 2.45) is 0 Å². The number of β-lactam (4-membered cyclic amide) rings is 1. The first-order valence-corrected chi connectivity index (χ1v) is 11.7. The van der Waals surface area contributed by atoms with Gasteiger partial charge < -0.3 is 10.1 Å². The lowest BCUT2D eigenvalue weighted by molar-refractivity contribution is -0.135. The number of carbonyl (C=O) groups excluding carboxylic acids is 2. The molecule has 3 aromatic rings. The normalized spacial score (nSPS) is 18.9. The van der Waals surface area contributed by atoms with Crippen LogP contribution in [0.4, 0.5) is 5.69 Å². The highest BCUT2D eigenvalue weighted by Crippen LogP contribution is 2.50. The van der Waals surface area contributed by atoms with E-state index in [4.69, 9.17) is 4.74 Å². The Balaban J connectivity index is 2.01. The summed E-state index contributed by atoms with van der Waals surface area (Å²) in [6, 6.07) is 22.9. The topological polar surface area (TPSA) is 58.6 Å². The van der Waals surface area contributed by atoms with E-state index in [9.17, 15) is 9.59 Å². The second-order valence-corrected chi connectivity index (χ2v) is 10.1. The highest BCUT2D eigenvalue weighted by Gasteiger charge is 2.63. The third-order valence-corrected chi connectivity index (χ3v) is 6.06. The number of hydrogen-bond donors (Lipinski definition) is 1. The van der Waals surface area contributed by atoms with Crippen LogP contribution in [-0.2, 0) is 15.1 Å². The Morgan fingerprint density at radius 2 is 1.54 bits per heavy atom. The van der Waals surface area contributed by atoms with Crippen LogP contribution < -0.4 is 15.0 Å². The summed E-state index contributed by atoms with van der Waals surface area (Å²) in [6.45, 7) is 9.84. The van der Waals surface area contributed by atoms with Gasteiger partial charge in [0.1, 0.15) is 5.75 Å². The van der Waals surface area contributed by atoms with Gasteiger partial charge in [0.2, 0.25) is 0 Å². The average Bonchev–Trinajstić information content (AvgIpc) is 2.79. The number of methoxy groups -OCH3 is 1. The molecule has 180 valence electrons. The van der Waals surface area contributed by atoms with Crippen molar-refractivity contribution in [3.63, 3.8) is 0 Å². The molecule has 3 aromatic carbocycles. The third-order valence-electron chi connectivity index (χ3n) is 6.06. The van der Waals surface area contributed by atoms with E-state index in [1.165, 1.54) is 0 Å². The maximum atomic E-state index is 14.3. The molecule has 0 aliphatic carbocycles. The number of nitrogens with zero attached hydrogens (tertiary/aromatic N) is 1. The standard InChI is InChI=1S/C30H32N2O3/c1-20-16-21(2)18-23(17-20)30(28(34)31-29(3,4)5)26(19-22-10-8-7-9-11-22)27(33)32(30)24-12-14-25(35-6)15-13-24/h7-19H,1-6H3,(H,31,34)/b26-19+.